The predicted molar refractivity (Wildman–Crippen MR) is 103 cm³/mol. The van der Waals surface area contributed by atoms with E-state index in [0.717, 1.165) is 6.54 Å². The van der Waals surface area contributed by atoms with E-state index in [-0.39, 0.29) is 5.91 Å². The van der Waals surface area contributed by atoms with E-state index in [1.165, 1.54) is 10.4 Å². The molecule has 0 atom stereocenters. The lowest BCUT2D eigenvalue weighted by atomic mass is 10.2. The van der Waals surface area contributed by atoms with Gasteiger partial charge in [-0.3, -0.25) is 4.79 Å². The monoisotopic (exact) mass is 333 g/mol. The lowest BCUT2D eigenvalue weighted by molar-refractivity contribution is -0.129. The molecule has 122 valence electrons. The number of carbonyl (C=O) groups is 1. The normalized spacial score (nSPS) is 15.2. The van der Waals surface area contributed by atoms with E-state index in [1.54, 1.807) is 0 Å². The van der Waals surface area contributed by atoms with Gasteiger partial charge < -0.3 is 4.90 Å². The van der Waals surface area contributed by atoms with Crippen LogP contribution in [-0.2, 0) is 4.79 Å². The first-order valence-corrected chi connectivity index (χ1v) is 11.0. The number of carbonyl (C=O) groups excluding carboxylic acids is 1. The quantitative estimate of drug-likeness (QED) is 0.609. The van der Waals surface area contributed by atoms with Gasteiger partial charge in [0.15, 0.2) is 0 Å². The maximum absolute atomic E-state index is 11.9. The summed E-state index contributed by atoms with van der Waals surface area (Å²) in [5, 5.41) is 2.77. The zero-order valence-corrected chi connectivity index (χ0v) is 15.1. The van der Waals surface area contributed by atoms with Crippen LogP contribution in [0, 0.1) is 0 Å². The van der Waals surface area contributed by atoms with E-state index in [9.17, 15) is 4.79 Å². The Morgan fingerprint density at radius 1 is 0.958 bits per heavy atom. The lowest BCUT2D eigenvalue weighted by Gasteiger charge is -2.26. The highest BCUT2D eigenvalue weighted by atomic mass is 28.3. The molecule has 2 aromatic rings. The van der Waals surface area contributed by atoms with E-state index < -0.39 is 8.07 Å². The third-order valence-corrected chi connectivity index (χ3v) is 8.63. The summed E-state index contributed by atoms with van der Waals surface area (Å²) in [7, 11) is -1.94. The first-order valence-electron chi connectivity index (χ1n) is 8.42. The molecule has 2 nitrogen and oxygen atoms in total. The molecule has 24 heavy (non-hydrogen) atoms. The largest absolute Gasteiger partial charge is 0.335 e. The Morgan fingerprint density at radius 3 is 2.08 bits per heavy atom. The van der Waals surface area contributed by atoms with Crippen LogP contribution in [0.3, 0.4) is 0 Å². The van der Waals surface area contributed by atoms with E-state index in [2.05, 4.69) is 85.1 Å². The molecule has 0 unspecified atom stereocenters. The summed E-state index contributed by atoms with van der Waals surface area (Å²) >= 11 is 0. The zero-order valence-electron chi connectivity index (χ0n) is 14.1. The molecule has 0 saturated carbocycles. The van der Waals surface area contributed by atoms with Crippen molar-refractivity contribution in [1.29, 1.82) is 0 Å². The summed E-state index contributed by atoms with van der Waals surface area (Å²) in [6.07, 6.45) is 6.73. The minimum Gasteiger partial charge on any atom is -0.335 e. The Balaban J connectivity index is 1.87. The van der Waals surface area contributed by atoms with Crippen molar-refractivity contribution in [2.75, 3.05) is 13.1 Å². The first kappa shape index (κ1) is 16.5. The molecule has 1 amide bonds. The van der Waals surface area contributed by atoms with Gasteiger partial charge >= 0.3 is 0 Å². The van der Waals surface area contributed by atoms with Crippen LogP contribution in [0.5, 0.6) is 0 Å². The second-order valence-corrected chi connectivity index (χ2v) is 10.2. The molecule has 0 aromatic heterocycles. The van der Waals surface area contributed by atoms with Crippen LogP contribution < -0.4 is 10.4 Å². The number of benzene rings is 2. The standard InChI is InChI=1S/C21H23NOSi/c1-24(19-11-4-2-5-12-19,20-13-6-3-7-14-20)18-10-17-22-16-9-8-15-21(22)23/h2-14,18H,15-17H2,1H3/b18-10+. The van der Waals surface area contributed by atoms with Crippen LogP contribution in [-0.4, -0.2) is 32.0 Å². The molecule has 0 saturated heterocycles. The maximum atomic E-state index is 11.9. The van der Waals surface area contributed by atoms with Crippen LogP contribution >= 0.6 is 0 Å². The molecule has 0 aliphatic carbocycles. The molecule has 1 aliphatic heterocycles. The summed E-state index contributed by atoms with van der Waals surface area (Å²) in [5.74, 6) is 0.213. The summed E-state index contributed by atoms with van der Waals surface area (Å²) in [6.45, 7) is 3.77. The Hall–Kier alpha value is -2.39. The van der Waals surface area contributed by atoms with Crippen LogP contribution in [0.15, 0.2) is 84.6 Å². The van der Waals surface area contributed by atoms with E-state index in [0.29, 0.717) is 13.0 Å². The molecule has 2 aromatic carbocycles. The summed E-state index contributed by atoms with van der Waals surface area (Å²) in [4.78, 5) is 13.8. The smallest absolute Gasteiger partial charge is 0.226 e. The van der Waals surface area contributed by atoms with Gasteiger partial charge in [-0.2, -0.15) is 0 Å². The van der Waals surface area contributed by atoms with Crippen LogP contribution in [0.25, 0.3) is 0 Å². The van der Waals surface area contributed by atoms with Gasteiger partial charge in [0.2, 0.25) is 5.91 Å². The Labute approximate surface area is 145 Å². The average molecular weight is 334 g/mol. The molecule has 0 N–H and O–H groups in total. The van der Waals surface area contributed by atoms with Crippen molar-refractivity contribution in [1.82, 2.24) is 4.90 Å². The maximum Gasteiger partial charge on any atom is 0.226 e. The average Bonchev–Trinajstić information content (AvgIpc) is 2.64. The molecule has 0 fully saturated rings. The summed E-state index contributed by atoms with van der Waals surface area (Å²) in [5.41, 5.74) is 2.36. The fraction of sp³-hybridized carbons (Fsp3) is 0.190. The van der Waals surface area contributed by atoms with Gasteiger partial charge in [0.05, 0.1) is 0 Å². The second kappa shape index (κ2) is 7.45. The topological polar surface area (TPSA) is 20.3 Å². The first-order chi connectivity index (χ1) is 11.7. The third-order valence-electron chi connectivity index (χ3n) is 4.66. The Kier molecular flexibility index (Phi) is 5.11. The molecule has 1 aliphatic rings. The van der Waals surface area contributed by atoms with Crippen LogP contribution in [0.2, 0.25) is 6.55 Å². The van der Waals surface area contributed by atoms with Gasteiger partial charge in [-0.1, -0.05) is 102 Å². The molecule has 3 rings (SSSR count). The van der Waals surface area contributed by atoms with E-state index in [1.807, 2.05) is 11.0 Å². The van der Waals surface area contributed by atoms with Gasteiger partial charge in [-0.15, -0.1) is 0 Å². The number of hydrogen-bond donors (Lipinski definition) is 0. The fourth-order valence-corrected chi connectivity index (χ4v) is 6.20. The molecule has 0 radical (unpaired) electrons. The van der Waals surface area contributed by atoms with Gasteiger partial charge in [-0.05, 0) is 0 Å². The number of hydrogen-bond acceptors (Lipinski definition) is 1. The van der Waals surface area contributed by atoms with Crippen molar-refractivity contribution in [2.24, 2.45) is 0 Å². The number of nitrogens with zero attached hydrogens (tertiary/aromatic N) is 1. The van der Waals surface area contributed by atoms with Crippen molar-refractivity contribution >= 4 is 24.4 Å². The molecule has 0 spiro atoms. The van der Waals surface area contributed by atoms with Crippen molar-refractivity contribution in [2.45, 2.75) is 13.0 Å². The molecular weight excluding hydrogens is 310 g/mol. The van der Waals surface area contributed by atoms with Gasteiger partial charge in [0, 0.05) is 19.5 Å². The van der Waals surface area contributed by atoms with Crippen molar-refractivity contribution in [3.8, 4) is 0 Å². The molecule has 1 heterocycles. The summed E-state index contributed by atoms with van der Waals surface area (Å²) < 4.78 is 0. The zero-order chi connectivity index (χ0) is 16.8. The number of rotatable bonds is 5. The second-order valence-electron chi connectivity index (χ2n) is 6.31. The van der Waals surface area contributed by atoms with Gasteiger partial charge in [0.25, 0.3) is 0 Å². The van der Waals surface area contributed by atoms with Crippen molar-refractivity contribution in [3.63, 3.8) is 0 Å². The Morgan fingerprint density at radius 2 is 1.54 bits per heavy atom. The van der Waals surface area contributed by atoms with Gasteiger partial charge in [-0.25, -0.2) is 0 Å². The highest BCUT2D eigenvalue weighted by Crippen LogP contribution is 2.09. The predicted octanol–water partition coefficient (Wildman–Crippen LogP) is 2.76. The Bertz CT molecular complexity index is 697. The van der Waals surface area contributed by atoms with Crippen molar-refractivity contribution < 1.29 is 4.79 Å². The van der Waals surface area contributed by atoms with E-state index >= 15 is 0 Å². The van der Waals surface area contributed by atoms with Crippen LogP contribution in [0.1, 0.15) is 6.42 Å². The van der Waals surface area contributed by atoms with E-state index in [4.69, 9.17) is 0 Å². The molecule has 3 heteroatoms. The lowest BCUT2D eigenvalue weighted by Crippen LogP contribution is -2.54. The van der Waals surface area contributed by atoms with Crippen molar-refractivity contribution in [3.05, 3.63) is 84.6 Å². The minimum atomic E-state index is -1.94. The highest BCUT2D eigenvalue weighted by molar-refractivity contribution is 7.05. The minimum absolute atomic E-state index is 0.213. The third kappa shape index (κ3) is 3.57. The SMILES string of the molecule is C[Si](/C=C/CN1CC=CCC1=O)(c1ccccc1)c1ccccc1. The summed E-state index contributed by atoms with van der Waals surface area (Å²) in [6, 6.07) is 21.4. The fourth-order valence-electron chi connectivity index (χ4n) is 3.14. The molecular formula is C21H23NOSi. The van der Waals surface area contributed by atoms with Crippen LogP contribution in [0.4, 0.5) is 0 Å². The van der Waals surface area contributed by atoms with Gasteiger partial charge in [0.1, 0.15) is 8.07 Å². The number of amides is 1. The highest BCUT2D eigenvalue weighted by Gasteiger charge is 2.28. The molecule has 0 bridgehead atoms.